The molecule has 1 heterocycles. The first kappa shape index (κ1) is 10.8. The van der Waals surface area contributed by atoms with Crippen molar-refractivity contribution >= 4 is 5.97 Å². The molecule has 4 heteroatoms. The molecule has 1 N–H and O–H groups in total. The summed E-state index contributed by atoms with van der Waals surface area (Å²) in [5, 5.41) is 13.7. The van der Waals surface area contributed by atoms with Gasteiger partial charge in [0.15, 0.2) is 0 Å². The summed E-state index contributed by atoms with van der Waals surface area (Å²) in [6.07, 6.45) is 7.10. The number of hydrogen-bond acceptors (Lipinski definition) is 2. The van der Waals surface area contributed by atoms with Gasteiger partial charge in [0.2, 0.25) is 0 Å². The number of aliphatic carboxylic acids is 1. The van der Waals surface area contributed by atoms with Crippen LogP contribution >= 0.6 is 0 Å². The molecule has 2 aliphatic rings. The fraction of sp³-hybridized carbons (Fsp3) is 0.692. The van der Waals surface area contributed by atoms with Crippen LogP contribution in [0.25, 0.3) is 0 Å². The van der Waals surface area contributed by atoms with E-state index in [1.807, 2.05) is 4.68 Å². The van der Waals surface area contributed by atoms with Gasteiger partial charge in [0.05, 0.1) is 17.8 Å². The number of carbonyl (C=O) groups is 1. The van der Waals surface area contributed by atoms with E-state index in [-0.39, 0.29) is 6.42 Å². The summed E-state index contributed by atoms with van der Waals surface area (Å²) in [6.45, 7) is 0.926. The van der Waals surface area contributed by atoms with E-state index in [9.17, 15) is 4.79 Å². The van der Waals surface area contributed by atoms with Crippen LogP contribution in [0.5, 0.6) is 0 Å². The summed E-state index contributed by atoms with van der Waals surface area (Å²) in [5.41, 5.74) is 3.37. The van der Waals surface area contributed by atoms with Gasteiger partial charge in [0.25, 0.3) is 0 Å². The highest BCUT2D eigenvalue weighted by Crippen LogP contribution is 2.32. The molecule has 92 valence electrons. The average molecular weight is 234 g/mol. The van der Waals surface area contributed by atoms with Crippen molar-refractivity contribution in [3.05, 3.63) is 17.0 Å². The monoisotopic (exact) mass is 234 g/mol. The normalized spacial score (nSPS) is 19.1. The van der Waals surface area contributed by atoms with Crippen molar-refractivity contribution < 1.29 is 9.90 Å². The maximum Gasteiger partial charge on any atom is 0.309 e. The van der Waals surface area contributed by atoms with Crippen molar-refractivity contribution in [2.24, 2.45) is 5.92 Å². The van der Waals surface area contributed by atoms with Gasteiger partial charge in [-0.3, -0.25) is 9.48 Å². The molecule has 1 fully saturated rings. The highest BCUT2D eigenvalue weighted by Gasteiger charge is 2.27. The fourth-order valence-corrected chi connectivity index (χ4v) is 2.71. The van der Waals surface area contributed by atoms with Crippen LogP contribution in [0, 0.1) is 5.92 Å². The molecule has 0 atom stereocenters. The van der Waals surface area contributed by atoms with Gasteiger partial charge in [0, 0.05) is 6.54 Å². The van der Waals surface area contributed by atoms with Crippen molar-refractivity contribution in [2.45, 2.75) is 51.5 Å². The van der Waals surface area contributed by atoms with E-state index in [1.165, 1.54) is 31.2 Å². The second kappa shape index (κ2) is 4.17. The SMILES string of the molecule is O=C(O)Cc1c2c(nn1CC1CC1)CCCC2. The van der Waals surface area contributed by atoms with Crippen LogP contribution in [0.3, 0.4) is 0 Å². The second-order valence-electron chi connectivity index (χ2n) is 5.28. The molecular formula is C13H18N2O2. The molecule has 3 rings (SSSR count). The summed E-state index contributed by atoms with van der Waals surface area (Å²) < 4.78 is 1.99. The van der Waals surface area contributed by atoms with Crippen molar-refractivity contribution in [1.29, 1.82) is 0 Å². The van der Waals surface area contributed by atoms with E-state index in [0.717, 1.165) is 36.7 Å². The van der Waals surface area contributed by atoms with Gasteiger partial charge in [-0.1, -0.05) is 0 Å². The molecule has 17 heavy (non-hydrogen) atoms. The Morgan fingerprint density at radius 3 is 2.82 bits per heavy atom. The molecule has 0 aliphatic heterocycles. The molecule has 1 aromatic rings. The van der Waals surface area contributed by atoms with Crippen molar-refractivity contribution in [2.75, 3.05) is 0 Å². The highest BCUT2D eigenvalue weighted by molar-refractivity contribution is 5.70. The largest absolute Gasteiger partial charge is 0.481 e. The van der Waals surface area contributed by atoms with Crippen LogP contribution in [-0.4, -0.2) is 20.9 Å². The minimum Gasteiger partial charge on any atom is -0.481 e. The van der Waals surface area contributed by atoms with E-state index in [0.29, 0.717) is 0 Å². The molecule has 0 spiro atoms. The lowest BCUT2D eigenvalue weighted by Crippen LogP contribution is -2.12. The molecule has 0 bridgehead atoms. The van der Waals surface area contributed by atoms with Crippen molar-refractivity contribution in [3.8, 4) is 0 Å². The lowest BCUT2D eigenvalue weighted by molar-refractivity contribution is -0.136. The number of aromatic nitrogens is 2. The molecule has 0 amide bonds. The van der Waals surface area contributed by atoms with Crippen LogP contribution in [0.1, 0.15) is 42.6 Å². The van der Waals surface area contributed by atoms with Crippen molar-refractivity contribution in [1.82, 2.24) is 9.78 Å². The molecule has 0 aromatic carbocycles. The number of aryl methyl sites for hydroxylation is 1. The predicted molar refractivity (Wildman–Crippen MR) is 62.9 cm³/mol. The molecule has 4 nitrogen and oxygen atoms in total. The molecular weight excluding hydrogens is 216 g/mol. The van der Waals surface area contributed by atoms with Gasteiger partial charge < -0.3 is 5.11 Å². The Hall–Kier alpha value is -1.32. The molecule has 1 saturated carbocycles. The molecule has 0 unspecified atom stereocenters. The third-order valence-electron chi connectivity index (χ3n) is 3.79. The van der Waals surface area contributed by atoms with Crippen LogP contribution in [0.4, 0.5) is 0 Å². The van der Waals surface area contributed by atoms with E-state index in [4.69, 9.17) is 5.11 Å². The fourth-order valence-electron chi connectivity index (χ4n) is 2.71. The lowest BCUT2D eigenvalue weighted by atomic mass is 9.95. The summed E-state index contributed by atoms with van der Waals surface area (Å²) in [5.74, 6) is -0.000724. The number of carboxylic acids is 1. The minimum atomic E-state index is -0.740. The zero-order valence-electron chi connectivity index (χ0n) is 9.98. The topological polar surface area (TPSA) is 55.1 Å². The number of nitrogens with zero attached hydrogens (tertiary/aromatic N) is 2. The summed E-state index contributed by atoms with van der Waals surface area (Å²) in [6, 6.07) is 0. The average Bonchev–Trinajstić information content (AvgIpc) is 3.04. The number of carboxylic acid groups (broad SMARTS) is 1. The van der Waals surface area contributed by atoms with E-state index in [2.05, 4.69) is 5.10 Å². The Labute approximate surface area is 101 Å². The quantitative estimate of drug-likeness (QED) is 0.864. The first-order valence-electron chi connectivity index (χ1n) is 6.53. The zero-order valence-corrected chi connectivity index (χ0v) is 9.98. The van der Waals surface area contributed by atoms with Gasteiger partial charge in [0.1, 0.15) is 0 Å². The molecule has 1 aromatic heterocycles. The third kappa shape index (κ3) is 2.21. The summed E-state index contributed by atoms with van der Waals surface area (Å²) in [4.78, 5) is 11.0. The Morgan fingerprint density at radius 2 is 2.12 bits per heavy atom. The van der Waals surface area contributed by atoms with Gasteiger partial charge in [-0.15, -0.1) is 0 Å². The van der Waals surface area contributed by atoms with Gasteiger partial charge in [-0.2, -0.15) is 5.10 Å². The van der Waals surface area contributed by atoms with E-state index in [1.54, 1.807) is 0 Å². The lowest BCUT2D eigenvalue weighted by Gasteiger charge is -2.10. The van der Waals surface area contributed by atoms with Gasteiger partial charge in [-0.25, -0.2) is 0 Å². The van der Waals surface area contributed by atoms with Crippen LogP contribution in [0.15, 0.2) is 0 Å². The molecule has 0 saturated heterocycles. The number of rotatable bonds is 4. The van der Waals surface area contributed by atoms with Crippen LogP contribution in [0.2, 0.25) is 0 Å². The van der Waals surface area contributed by atoms with E-state index >= 15 is 0 Å². The first-order chi connectivity index (χ1) is 8.24. The molecule has 0 radical (unpaired) electrons. The van der Waals surface area contributed by atoms with Gasteiger partial charge in [-0.05, 0) is 50.0 Å². The number of fused-ring (bicyclic) bond motifs is 1. The zero-order chi connectivity index (χ0) is 11.8. The Bertz CT molecular complexity index is 447. The third-order valence-corrected chi connectivity index (χ3v) is 3.79. The van der Waals surface area contributed by atoms with Crippen molar-refractivity contribution in [3.63, 3.8) is 0 Å². The standard InChI is InChI=1S/C13H18N2O2/c16-13(17)7-12-10-3-1-2-4-11(10)14-15(12)8-9-5-6-9/h9H,1-8H2,(H,16,17). The predicted octanol–water partition coefficient (Wildman–Crippen LogP) is 1.80. The Balaban J connectivity index is 1.93. The summed E-state index contributed by atoms with van der Waals surface area (Å²) >= 11 is 0. The highest BCUT2D eigenvalue weighted by atomic mass is 16.4. The number of hydrogen-bond donors (Lipinski definition) is 1. The van der Waals surface area contributed by atoms with E-state index < -0.39 is 5.97 Å². The Kier molecular flexibility index (Phi) is 2.65. The Morgan fingerprint density at radius 1 is 1.35 bits per heavy atom. The smallest absolute Gasteiger partial charge is 0.309 e. The second-order valence-corrected chi connectivity index (χ2v) is 5.28. The van der Waals surface area contributed by atoms with Crippen LogP contribution in [-0.2, 0) is 30.6 Å². The maximum absolute atomic E-state index is 11.0. The van der Waals surface area contributed by atoms with Crippen LogP contribution < -0.4 is 0 Å². The minimum absolute atomic E-state index is 0.134. The summed E-state index contributed by atoms with van der Waals surface area (Å²) in [7, 11) is 0. The first-order valence-corrected chi connectivity index (χ1v) is 6.53. The molecule has 2 aliphatic carbocycles. The maximum atomic E-state index is 11.0. The van der Waals surface area contributed by atoms with Gasteiger partial charge >= 0.3 is 5.97 Å².